The molecule has 0 radical (unpaired) electrons. The van der Waals surface area contributed by atoms with Crippen molar-refractivity contribution in [3.8, 4) is 0 Å². The van der Waals surface area contributed by atoms with Crippen LogP contribution in [0.4, 0.5) is 5.69 Å². The standard InChI is InChI=1S/C14H11Br2ClN2/c15-9-2-3-11-8(5-9)1-4-13(11)19-10-6-12(16)14(17)18-7-10/h2-3,5-7,13,19H,1,4H2. The lowest BCUT2D eigenvalue weighted by Gasteiger charge is -2.15. The molecule has 5 heteroatoms. The number of hydrogen-bond acceptors (Lipinski definition) is 2. The summed E-state index contributed by atoms with van der Waals surface area (Å²) < 4.78 is 1.95. The van der Waals surface area contributed by atoms with Gasteiger partial charge in [0.25, 0.3) is 0 Å². The van der Waals surface area contributed by atoms with Crippen LogP contribution in [0, 0.1) is 0 Å². The molecule has 0 aliphatic heterocycles. The number of rotatable bonds is 2. The summed E-state index contributed by atoms with van der Waals surface area (Å²) >= 11 is 12.8. The molecule has 0 bridgehead atoms. The fourth-order valence-electron chi connectivity index (χ4n) is 2.44. The van der Waals surface area contributed by atoms with Gasteiger partial charge in [-0.2, -0.15) is 0 Å². The molecule has 0 spiro atoms. The van der Waals surface area contributed by atoms with Crippen LogP contribution in [0.5, 0.6) is 0 Å². The lowest BCUT2D eigenvalue weighted by atomic mass is 10.1. The van der Waals surface area contributed by atoms with Crippen LogP contribution in [-0.4, -0.2) is 4.98 Å². The molecule has 3 rings (SSSR count). The first-order chi connectivity index (χ1) is 9.13. The predicted molar refractivity (Wildman–Crippen MR) is 85.8 cm³/mol. The van der Waals surface area contributed by atoms with Gasteiger partial charge in [0, 0.05) is 4.47 Å². The van der Waals surface area contributed by atoms with Crippen LogP contribution < -0.4 is 5.32 Å². The average Bonchev–Trinajstić information content (AvgIpc) is 2.76. The van der Waals surface area contributed by atoms with Crippen LogP contribution in [0.25, 0.3) is 0 Å². The van der Waals surface area contributed by atoms with Gasteiger partial charge >= 0.3 is 0 Å². The van der Waals surface area contributed by atoms with Crippen molar-refractivity contribution in [3.63, 3.8) is 0 Å². The van der Waals surface area contributed by atoms with E-state index in [1.807, 2.05) is 6.07 Å². The third-order valence-electron chi connectivity index (χ3n) is 3.32. The number of aryl methyl sites for hydroxylation is 1. The first-order valence-corrected chi connectivity index (χ1v) is 7.96. The van der Waals surface area contributed by atoms with Crippen molar-refractivity contribution in [2.24, 2.45) is 0 Å². The van der Waals surface area contributed by atoms with Gasteiger partial charge in [-0.25, -0.2) is 4.98 Å². The van der Waals surface area contributed by atoms with Gasteiger partial charge in [-0.3, -0.25) is 0 Å². The largest absolute Gasteiger partial charge is 0.377 e. The maximum atomic E-state index is 5.90. The number of anilines is 1. The summed E-state index contributed by atoms with van der Waals surface area (Å²) in [6.07, 6.45) is 3.98. The Labute approximate surface area is 133 Å². The Morgan fingerprint density at radius 2 is 2.11 bits per heavy atom. The van der Waals surface area contributed by atoms with E-state index in [1.165, 1.54) is 11.1 Å². The van der Waals surface area contributed by atoms with Crippen molar-refractivity contribution < 1.29 is 0 Å². The summed E-state index contributed by atoms with van der Waals surface area (Å²) in [6.45, 7) is 0. The number of halogens is 3. The molecule has 1 aromatic heterocycles. The SMILES string of the molecule is Clc1ncc(NC2CCc3cc(Br)ccc32)cc1Br. The molecule has 1 N–H and O–H groups in total. The van der Waals surface area contributed by atoms with E-state index in [2.05, 4.69) is 60.4 Å². The lowest BCUT2D eigenvalue weighted by Crippen LogP contribution is -2.07. The Bertz CT molecular complexity index is 631. The third kappa shape index (κ3) is 2.81. The van der Waals surface area contributed by atoms with Gasteiger partial charge in [0.15, 0.2) is 0 Å². The Morgan fingerprint density at radius 1 is 1.26 bits per heavy atom. The summed E-state index contributed by atoms with van der Waals surface area (Å²) in [5, 5.41) is 4.01. The molecule has 1 aliphatic rings. The zero-order chi connectivity index (χ0) is 13.4. The molecule has 2 nitrogen and oxygen atoms in total. The van der Waals surface area contributed by atoms with Crippen LogP contribution in [0.2, 0.25) is 5.15 Å². The average molecular weight is 403 g/mol. The van der Waals surface area contributed by atoms with Crippen LogP contribution in [-0.2, 0) is 6.42 Å². The minimum absolute atomic E-state index is 0.345. The number of benzene rings is 1. The molecule has 1 atom stereocenters. The summed E-state index contributed by atoms with van der Waals surface area (Å²) in [5.41, 5.74) is 3.76. The summed E-state index contributed by atoms with van der Waals surface area (Å²) in [6, 6.07) is 8.79. The van der Waals surface area contributed by atoms with Gasteiger partial charge < -0.3 is 5.32 Å². The van der Waals surface area contributed by atoms with Gasteiger partial charge in [0.05, 0.1) is 22.4 Å². The number of hydrogen-bond donors (Lipinski definition) is 1. The van der Waals surface area contributed by atoms with Crippen LogP contribution in [0.1, 0.15) is 23.6 Å². The molecule has 19 heavy (non-hydrogen) atoms. The van der Waals surface area contributed by atoms with E-state index in [0.29, 0.717) is 11.2 Å². The maximum absolute atomic E-state index is 5.90. The second-order valence-electron chi connectivity index (χ2n) is 4.58. The molecule has 0 fully saturated rings. The molecule has 1 heterocycles. The van der Waals surface area contributed by atoms with E-state index in [-0.39, 0.29) is 0 Å². The second kappa shape index (κ2) is 5.43. The Morgan fingerprint density at radius 3 is 2.89 bits per heavy atom. The minimum Gasteiger partial charge on any atom is -0.377 e. The fourth-order valence-corrected chi connectivity index (χ4v) is 3.30. The smallest absolute Gasteiger partial charge is 0.143 e. The van der Waals surface area contributed by atoms with Crippen molar-refractivity contribution in [1.82, 2.24) is 4.98 Å². The molecule has 1 aromatic carbocycles. The molecular weight excluding hydrogens is 391 g/mol. The molecule has 1 aliphatic carbocycles. The number of nitrogens with one attached hydrogen (secondary N) is 1. The number of nitrogens with zero attached hydrogens (tertiary/aromatic N) is 1. The third-order valence-corrected chi connectivity index (χ3v) is 4.95. The van der Waals surface area contributed by atoms with Gasteiger partial charge in [0.1, 0.15) is 5.15 Å². The summed E-state index contributed by atoms with van der Waals surface area (Å²) in [4.78, 5) is 4.14. The molecule has 0 saturated carbocycles. The number of fused-ring (bicyclic) bond motifs is 1. The highest BCUT2D eigenvalue weighted by molar-refractivity contribution is 9.10. The van der Waals surface area contributed by atoms with Crippen LogP contribution in [0.3, 0.4) is 0 Å². The van der Waals surface area contributed by atoms with Crippen molar-refractivity contribution in [2.75, 3.05) is 5.32 Å². The number of aromatic nitrogens is 1. The zero-order valence-corrected chi connectivity index (χ0v) is 13.9. The van der Waals surface area contributed by atoms with Crippen molar-refractivity contribution in [2.45, 2.75) is 18.9 Å². The van der Waals surface area contributed by atoms with E-state index >= 15 is 0 Å². The highest BCUT2D eigenvalue weighted by Gasteiger charge is 2.22. The lowest BCUT2D eigenvalue weighted by molar-refractivity contribution is 0.761. The first kappa shape index (κ1) is 13.4. The second-order valence-corrected chi connectivity index (χ2v) is 6.70. The Balaban J connectivity index is 1.84. The molecule has 98 valence electrons. The van der Waals surface area contributed by atoms with E-state index < -0.39 is 0 Å². The Hall–Kier alpha value is -0.580. The highest BCUT2D eigenvalue weighted by atomic mass is 79.9. The van der Waals surface area contributed by atoms with E-state index in [0.717, 1.165) is 27.5 Å². The predicted octanol–water partition coefficient (Wildman–Crippen LogP) is 5.36. The Kier molecular flexibility index (Phi) is 3.83. The van der Waals surface area contributed by atoms with E-state index in [4.69, 9.17) is 11.6 Å². The zero-order valence-electron chi connectivity index (χ0n) is 9.96. The summed E-state index contributed by atoms with van der Waals surface area (Å²) in [7, 11) is 0. The number of pyridine rings is 1. The molecule has 0 amide bonds. The van der Waals surface area contributed by atoms with E-state index in [1.54, 1.807) is 6.20 Å². The molecular formula is C14H11Br2ClN2. The van der Waals surface area contributed by atoms with E-state index in [9.17, 15) is 0 Å². The highest BCUT2D eigenvalue weighted by Crippen LogP contribution is 2.36. The van der Waals surface area contributed by atoms with Crippen molar-refractivity contribution >= 4 is 49.1 Å². The molecule has 0 saturated heterocycles. The van der Waals surface area contributed by atoms with Crippen molar-refractivity contribution in [1.29, 1.82) is 0 Å². The van der Waals surface area contributed by atoms with Crippen LogP contribution in [0.15, 0.2) is 39.4 Å². The summed E-state index contributed by atoms with van der Waals surface area (Å²) in [5.74, 6) is 0. The molecule has 2 aromatic rings. The minimum atomic E-state index is 0.345. The fraction of sp³-hybridized carbons (Fsp3) is 0.214. The normalized spacial score (nSPS) is 17.3. The molecule has 1 unspecified atom stereocenters. The topological polar surface area (TPSA) is 24.9 Å². The van der Waals surface area contributed by atoms with Gasteiger partial charge in [-0.1, -0.05) is 33.6 Å². The van der Waals surface area contributed by atoms with Gasteiger partial charge in [-0.05, 0) is 58.1 Å². The monoisotopic (exact) mass is 400 g/mol. The quantitative estimate of drug-likeness (QED) is 0.684. The van der Waals surface area contributed by atoms with Crippen LogP contribution >= 0.6 is 43.5 Å². The first-order valence-electron chi connectivity index (χ1n) is 5.99. The van der Waals surface area contributed by atoms with Gasteiger partial charge in [0.2, 0.25) is 0 Å². The van der Waals surface area contributed by atoms with Crippen molar-refractivity contribution in [3.05, 3.63) is 55.7 Å². The van der Waals surface area contributed by atoms with Gasteiger partial charge in [-0.15, -0.1) is 0 Å². The maximum Gasteiger partial charge on any atom is 0.143 e.